The van der Waals surface area contributed by atoms with Crippen molar-refractivity contribution in [2.75, 3.05) is 41.4 Å². The fourth-order valence-corrected chi connectivity index (χ4v) is 8.18. The van der Waals surface area contributed by atoms with Gasteiger partial charge in [-0.1, -0.05) is 6.07 Å². The molecular weight excluding hydrogens is 873 g/mol. The van der Waals surface area contributed by atoms with Crippen molar-refractivity contribution in [3.05, 3.63) is 39.4 Å². The van der Waals surface area contributed by atoms with E-state index in [1.165, 1.54) is 0 Å². The summed E-state index contributed by atoms with van der Waals surface area (Å²) in [7, 11) is 5.20. The molecule has 15 heteroatoms. The quantitative estimate of drug-likeness (QED) is 0.331. The molecule has 1 saturated heterocycles. The van der Waals surface area contributed by atoms with Crippen LogP contribution in [0.4, 0.5) is 4.79 Å². The minimum atomic E-state index is -0.915. The Kier molecular flexibility index (Phi) is 11.6. The molecule has 2 amide bonds. The number of alkyl carbamates (subject to hydrolysis) is 1. The third-order valence-corrected chi connectivity index (χ3v) is 10.2. The number of benzene rings is 2. The summed E-state index contributed by atoms with van der Waals surface area (Å²) < 4.78 is 34.7. The fourth-order valence-electron chi connectivity index (χ4n) is 8.18. The maximum absolute atomic E-state index is 13.5. The summed E-state index contributed by atoms with van der Waals surface area (Å²) in [5.41, 5.74) is 4.08. The fraction of sp³-hybridized carbons (Fsp3) is 0.583. The van der Waals surface area contributed by atoms with Crippen LogP contribution < -0.4 is 29.6 Å². The summed E-state index contributed by atoms with van der Waals surface area (Å²) in [5, 5.41) is 28.2. The number of ether oxygens (including phenoxy) is 6. The Hall–Kier alpha value is -3.01. The van der Waals surface area contributed by atoms with Crippen molar-refractivity contribution in [1.82, 2.24) is 20.4 Å². The van der Waals surface area contributed by atoms with Crippen LogP contribution in [0.15, 0.2) is 6.07 Å². The zero-order valence-electron chi connectivity index (χ0n) is 30.7. The van der Waals surface area contributed by atoms with Crippen LogP contribution >= 0.6 is 0 Å². The normalized spacial score (nSPS) is 23.7. The van der Waals surface area contributed by atoms with Crippen LogP contribution in [0.5, 0.6) is 28.7 Å². The van der Waals surface area contributed by atoms with Gasteiger partial charge in [0.25, 0.3) is 0 Å². The van der Waals surface area contributed by atoms with E-state index in [2.05, 4.69) is 32.6 Å². The number of phenolic OH excluding ortho intramolecular Hbond substituents is 1. The largest absolute Gasteiger partial charge is 0.507 e. The van der Waals surface area contributed by atoms with Crippen LogP contribution in [0, 0.1) is 69.2 Å². The van der Waals surface area contributed by atoms with Crippen LogP contribution in [0.1, 0.15) is 73.2 Å². The Morgan fingerprint density at radius 3 is 2.47 bits per heavy atom. The standard InChI is InChI=1S/C36H47N5O9.Ac/c1-17-10-20-11-22-24(13-37)41-23(28(40(22)7)26(20)32(30(17)46-9)47-15-45-8)12-21-27(33-31(48-16-49-33)18(2)29(21)42)25(41)14-38-34(43)19(3)39-35(44)50-36(4,5)6;/h10,19,22-25,28,42H,11-12,14-16H2,1-9H3,(H,38,43)(H,39,44);/t19-,22-,23?,24-,25-,28?;/m0./s1. The number of piperazine rings is 1. The maximum atomic E-state index is 13.5. The smallest absolute Gasteiger partial charge is 0.408 e. The summed E-state index contributed by atoms with van der Waals surface area (Å²) in [6, 6.07) is 1.73. The van der Waals surface area contributed by atoms with Gasteiger partial charge in [-0.05, 0) is 72.6 Å². The molecule has 273 valence electrons. The molecule has 1 fully saturated rings. The summed E-state index contributed by atoms with van der Waals surface area (Å²) in [6.45, 7) is 10.6. The van der Waals surface area contributed by atoms with Crippen molar-refractivity contribution < 1.29 is 87.2 Å². The second kappa shape index (κ2) is 15.2. The Bertz CT molecular complexity index is 1740. The third kappa shape index (κ3) is 6.95. The van der Waals surface area contributed by atoms with E-state index in [0.717, 1.165) is 16.7 Å². The van der Waals surface area contributed by atoms with E-state index in [1.807, 2.05) is 14.0 Å². The van der Waals surface area contributed by atoms with Gasteiger partial charge in [-0.25, -0.2) is 4.79 Å². The van der Waals surface area contributed by atoms with Crippen molar-refractivity contribution in [3.63, 3.8) is 0 Å². The van der Waals surface area contributed by atoms with Crippen molar-refractivity contribution in [2.45, 2.75) is 96.2 Å². The maximum Gasteiger partial charge on any atom is 0.408 e. The van der Waals surface area contributed by atoms with Crippen LogP contribution in [0.3, 0.4) is 0 Å². The van der Waals surface area contributed by atoms with Gasteiger partial charge in [-0.2, -0.15) is 5.26 Å². The van der Waals surface area contributed by atoms with Crippen LogP contribution in [-0.2, 0) is 27.1 Å². The summed E-state index contributed by atoms with van der Waals surface area (Å²) in [6.07, 6.45) is 0.232. The van der Waals surface area contributed by atoms with Gasteiger partial charge in [0.05, 0.1) is 25.3 Å². The van der Waals surface area contributed by atoms with Crippen molar-refractivity contribution in [1.29, 1.82) is 5.26 Å². The number of carbonyl (C=O) groups is 2. The predicted octanol–water partition coefficient (Wildman–Crippen LogP) is 3.53. The first-order chi connectivity index (χ1) is 23.7. The number of hydrogen-bond acceptors (Lipinski definition) is 12. The molecule has 6 rings (SSSR count). The van der Waals surface area contributed by atoms with Crippen LogP contribution in [0.25, 0.3) is 0 Å². The molecule has 4 heterocycles. The van der Waals surface area contributed by atoms with Gasteiger partial charge in [0, 0.05) is 92.1 Å². The van der Waals surface area contributed by atoms with Gasteiger partial charge in [0.15, 0.2) is 29.8 Å². The van der Waals surface area contributed by atoms with E-state index in [0.29, 0.717) is 52.5 Å². The Morgan fingerprint density at radius 1 is 1.12 bits per heavy atom. The van der Waals surface area contributed by atoms with Gasteiger partial charge in [0.1, 0.15) is 23.4 Å². The predicted molar refractivity (Wildman–Crippen MR) is 181 cm³/mol. The Morgan fingerprint density at radius 2 is 1.82 bits per heavy atom. The van der Waals surface area contributed by atoms with E-state index in [9.17, 15) is 20.0 Å². The van der Waals surface area contributed by atoms with Gasteiger partial charge < -0.3 is 44.2 Å². The van der Waals surface area contributed by atoms with E-state index in [-0.39, 0.29) is 88.1 Å². The number of nitrogens with zero attached hydrogens (tertiary/aromatic N) is 3. The SMILES string of the molecule is COCOc1c(OC)c(C)cc2c1C1C3Cc4c(O)c(C)c5c(c4[C@H](CNC(=O)[C@H](C)NC(=O)OC(C)(C)C)N3[C@@H](C#N)[C@H](C2)N1C)OCO5.[Ac]. The molecule has 4 aliphatic rings. The first kappa shape index (κ1) is 39.2. The minimum Gasteiger partial charge on any atom is -0.507 e. The van der Waals surface area contributed by atoms with Crippen molar-refractivity contribution in [2.24, 2.45) is 0 Å². The first-order valence-electron chi connectivity index (χ1n) is 16.8. The number of hydrogen-bond donors (Lipinski definition) is 3. The van der Waals surface area contributed by atoms with Gasteiger partial charge in [0.2, 0.25) is 12.7 Å². The van der Waals surface area contributed by atoms with E-state index in [1.54, 1.807) is 48.8 Å². The van der Waals surface area contributed by atoms with Crippen molar-refractivity contribution >= 4 is 12.0 Å². The second-order valence-corrected chi connectivity index (χ2v) is 14.4. The molecule has 51 heavy (non-hydrogen) atoms. The van der Waals surface area contributed by atoms with Crippen molar-refractivity contribution in [3.8, 4) is 34.8 Å². The molecule has 1 radical (unpaired) electrons. The number of nitriles is 1. The van der Waals surface area contributed by atoms with E-state index in [4.69, 9.17) is 28.4 Å². The number of fused-ring (bicyclic) bond motifs is 9. The number of methoxy groups -OCH3 is 2. The number of amides is 2. The van der Waals surface area contributed by atoms with Gasteiger partial charge in [-0.3, -0.25) is 14.6 Å². The van der Waals surface area contributed by atoms with E-state index < -0.39 is 35.7 Å². The zero-order valence-corrected chi connectivity index (χ0v) is 35.5. The molecule has 4 aliphatic heterocycles. The number of carbonyl (C=O) groups excluding carboxylic acids is 2. The molecule has 6 atom stereocenters. The average molecular weight is 921 g/mol. The molecule has 2 aromatic carbocycles. The Labute approximate surface area is 334 Å². The monoisotopic (exact) mass is 920 g/mol. The topological polar surface area (TPSA) is 164 Å². The molecule has 0 spiro atoms. The number of nitrogens with one attached hydrogen (secondary N) is 2. The number of rotatable bonds is 8. The molecule has 14 nitrogen and oxygen atoms in total. The first-order valence-corrected chi connectivity index (χ1v) is 16.8. The molecule has 0 aromatic heterocycles. The second-order valence-electron chi connectivity index (χ2n) is 14.4. The molecule has 2 unspecified atom stereocenters. The number of likely N-dealkylation sites (N-methyl/N-ethyl adjacent to an activating group) is 1. The summed E-state index contributed by atoms with van der Waals surface area (Å²) in [4.78, 5) is 30.4. The third-order valence-electron chi connectivity index (χ3n) is 10.2. The molecule has 3 N–H and O–H groups in total. The molecule has 0 saturated carbocycles. The molecule has 2 bridgehead atoms. The van der Waals surface area contributed by atoms with E-state index >= 15 is 0 Å². The summed E-state index contributed by atoms with van der Waals surface area (Å²) >= 11 is 0. The molecule has 2 aromatic rings. The van der Waals surface area contributed by atoms with Crippen LogP contribution in [0.2, 0.25) is 0 Å². The number of aryl methyl sites for hydroxylation is 1. The van der Waals surface area contributed by atoms with Gasteiger partial charge in [-0.15, -0.1) is 0 Å². The molecular formula is C36H47AcN5O9. The number of aromatic hydroxyl groups is 1. The minimum absolute atomic E-state index is 0. The van der Waals surface area contributed by atoms with Crippen LogP contribution in [-0.4, -0.2) is 98.1 Å². The average Bonchev–Trinajstić information content (AvgIpc) is 3.54. The summed E-state index contributed by atoms with van der Waals surface area (Å²) in [5.74, 6) is 1.78. The Balaban J connectivity index is 0.00000504. The molecule has 0 aliphatic carbocycles. The van der Waals surface area contributed by atoms with Gasteiger partial charge >= 0.3 is 6.09 Å². The number of phenols is 1. The zero-order chi connectivity index (χ0) is 36.2.